The highest BCUT2D eigenvalue weighted by molar-refractivity contribution is 5.34. The monoisotopic (exact) mass is 227 g/mol. The third kappa shape index (κ3) is 3.79. The lowest BCUT2D eigenvalue weighted by Gasteiger charge is -2.15. The molecular formula is C12H18FNO2. The maximum atomic E-state index is 13.1. The number of benzene rings is 1. The van der Waals surface area contributed by atoms with E-state index >= 15 is 0 Å². The Morgan fingerprint density at radius 1 is 1.50 bits per heavy atom. The van der Waals surface area contributed by atoms with Gasteiger partial charge in [-0.05, 0) is 37.9 Å². The lowest BCUT2D eigenvalue weighted by atomic mass is 10.1. The first-order valence-electron chi connectivity index (χ1n) is 5.43. The highest BCUT2D eigenvalue weighted by Crippen LogP contribution is 2.22. The van der Waals surface area contributed by atoms with E-state index in [0.717, 1.165) is 18.4 Å². The number of hydrogen-bond acceptors (Lipinski definition) is 3. The maximum absolute atomic E-state index is 13.1. The highest BCUT2D eigenvalue weighted by atomic mass is 19.1. The SMILES string of the molecule is C[C@H](CO)Oc1cc(F)ccc1CCCN. The van der Waals surface area contributed by atoms with E-state index in [-0.39, 0.29) is 18.5 Å². The summed E-state index contributed by atoms with van der Waals surface area (Å²) < 4.78 is 18.5. The van der Waals surface area contributed by atoms with Crippen molar-refractivity contribution in [2.45, 2.75) is 25.9 Å². The number of aliphatic hydroxyl groups excluding tert-OH is 1. The van der Waals surface area contributed by atoms with Gasteiger partial charge in [-0.3, -0.25) is 0 Å². The first-order chi connectivity index (χ1) is 7.67. The van der Waals surface area contributed by atoms with Gasteiger partial charge < -0.3 is 15.6 Å². The Hall–Kier alpha value is -1.13. The Kier molecular flexibility index (Phi) is 5.22. The molecule has 0 aliphatic carbocycles. The Morgan fingerprint density at radius 2 is 2.25 bits per heavy atom. The van der Waals surface area contributed by atoms with E-state index in [4.69, 9.17) is 15.6 Å². The number of nitrogens with two attached hydrogens (primary N) is 1. The molecule has 0 amide bonds. The average Bonchev–Trinajstić information content (AvgIpc) is 2.28. The molecule has 4 heteroatoms. The highest BCUT2D eigenvalue weighted by Gasteiger charge is 2.08. The number of halogens is 1. The molecule has 90 valence electrons. The van der Waals surface area contributed by atoms with Crippen LogP contribution in [0.2, 0.25) is 0 Å². The van der Waals surface area contributed by atoms with Crippen molar-refractivity contribution < 1.29 is 14.2 Å². The minimum Gasteiger partial charge on any atom is -0.488 e. The second kappa shape index (κ2) is 6.45. The molecule has 1 rings (SSSR count). The predicted octanol–water partition coefficient (Wildman–Crippen LogP) is 1.48. The molecule has 0 fully saturated rings. The zero-order valence-corrected chi connectivity index (χ0v) is 9.45. The first kappa shape index (κ1) is 12.9. The molecule has 0 aromatic heterocycles. The molecule has 0 aliphatic rings. The third-order valence-corrected chi connectivity index (χ3v) is 2.26. The van der Waals surface area contributed by atoms with E-state index in [9.17, 15) is 4.39 Å². The van der Waals surface area contributed by atoms with Crippen LogP contribution < -0.4 is 10.5 Å². The fraction of sp³-hybridized carbons (Fsp3) is 0.500. The van der Waals surface area contributed by atoms with E-state index in [1.807, 2.05) is 0 Å². The number of aryl methyl sites for hydroxylation is 1. The van der Waals surface area contributed by atoms with Crippen molar-refractivity contribution in [2.75, 3.05) is 13.2 Å². The van der Waals surface area contributed by atoms with Crippen molar-refractivity contribution in [1.82, 2.24) is 0 Å². The van der Waals surface area contributed by atoms with E-state index in [1.165, 1.54) is 12.1 Å². The van der Waals surface area contributed by atoms with Crippen LogP contribution in [0.1, 0.15) is 18.9 Å². The quantitative estimate of drug-likeness (QED) is 0.774. The molecule has 3 nitrogen and oxygen atoms in total. The molecule has 0 aliphatic heterocycles. The molecule has 0 radical (unpaired) electrons. The van der Waals surface area contributed by atoms with Gasteiger partial charge in [0.2, 0.25) is 0 Å². The van der Waals surface area contributed by atoms with Gasteiger partial charge in [0.15, 0.2) is 0 Å². The van der Waals surface area contributed by atoms with Gasteiger partial charge in [-0.1, -0.05) is 6.07 Å². The third-order valence-electron chi connectivity index (χ3n) is 2.26. The summed E-state index contributed by atoms with van der Waals surface area (Å²) in [6.07, 6.45) is 1.25. The molecule has 3 N–H and O–H groups in total. The second-order valence-electron chi connectivity index (χ2n) is 3.76. The standard InChI is InChI=1S/C12H18FNO2/c1-9(8-15)16-12-7-11(13)5-4-10(12)3-2-6-14/h4-5,7,9,15H,2-3,6,8,14H2,1H3/t9-/m1/s1. The van der Waals surface area contributed by atoms with Crippen molar-refractivity contribution in [3.63, 3.8) is 0 Å². The molecule has 0 bridgehead atoms. The molecule has 0 saturated heterocycles. The van der Waals surface area contributed by atoms with E-state index in [0.29, 0.717) is 12.3 Å². The maximum Gasteiger partial charge on any atom is 0.126 e. The molecule has 0 saturated carbocycles. The van der Waals surface area contributed by atoms with Crippen LogP contribution in [0.5, 0.6) is 5.75 Å². The van der Waals surface area contributed by atoms with Gasteiger partial charge >= 0.3 is 0 Å². The summed E-state index contributed by atoms with van der Waals surface area (Å²) in [6.45, 7) is 2.23. The summed E-state index contributed by atoms with van der Waals surface area (Å²) in [4.78, 5) is 0. The Labute approximate surface area is 95.0 Å². The minimum atomic E-state index is -0.336. The van der Waals surface area contributed by atoms with Gasteiger partial charge in [0.05, 0.1) is 6.61 Å². The molecule has 0 heterocycles. The summed E-state index contributed by atoms with van der Waals surface area (Å²) in [5.41, 5.74) is 6.35. The fourth-order valence-electron chi connectivity index (χ4n) is 1.39. The van der Waals surface area contributed by atoms with Crippen LogP contribution in [0.15, 0.2) is 18.2 Å². The van der Waals surface area contributed by atoms with Crippen LogP contribution in [-0.4, -0.2) is 24.4 Å². The van der Waals surface area contributed by atoms with Crippen LogP contribution in [0, 0.1) is 5.82 Å². The van der Waals surface area contributed by atoms with E-state index < -0.39 is 0 Å². The van der Waals surface area contributed by atoms with Gasteiger partial charge in [-0.15, -0.1) is 0 Å². The lowest BCUT2D eigenvalue weighted by molar-refractivity contribution is 0.128. The first-order valence-corrected chi connectivity index (χ1v) is 5.43. The molecular weight excluding hydrogens is 209 g/mol. The van der Waals surface area contributed by atoms with Gasteiger partial charge in [0.25, 0.3) is 0 Å². The molecule has 1 aromatic carbocycles. The minimum absolute atomic E-state index is 0.0904. The van der Waals surface area contributed by atoms with Gasteiger partial charge in [0.1, 0.15) is 17.7 Å². The van der Waals surface area contributed by atoms with Crippen molar-refractivity contribution in [2.24, 2.45) is 5.73 Å². The topological polar surface area (TPSA) is 55.5 Å². The zero-order valence-electron chi connectivity index (χ0n) is 9.45. The molecule has 1 atom stereocenters. The van der Waals surface area contributed by atoms with Crippen LogP contribution in [0.3, 0.4) is 0 Å². The van der Waals surface area contributed by atoms with Crippen LogP contribution >= 0.6 is 0 Å². The van der Waals surface area contributed by atoms with E-state index in [2.05, 4.69) is 0 Å². The smallest absolute Gasteiger partial charge is 0.126 e. The van der Waals surface area contributed by atoms with Crippen LogP contribution in [-0.2, 0) is 6.42 Å². The number of rotatable bonds is 6. The summed E-state index contributed by atoms with van der Waals surface area (Å²) in [7, 11) is 0. The van der Waals surface area contributed by atoms with Crippen molar-refractivity contribution in [1.29, 1.82) is 0 Å². The molecule has 16 heavy (non-hydrogen) atoms. The van der Waals surface area contributed by atoms with Crippen LogP contribution in [0.4, 0.5) is 4.39 Å². The van der Waals surface area contributed by atoms with Crippen LogP contribution in [0.25, 0.3) is 0 Å². The van der Waals surface area contributed by atoms with Gasteiger partial charge in [0, 0.05) is 6.07 Å². The Morgan fingerprint density at radius 3 is 2.88 bits per heavy atom. The number of aliphatic hydroxyl groups is 1. The largest absolute Gasteiger partial charge is 0.488 e. The van der Waals surface area contributed by atoms with Crippen molar-refractivity contribution in [3.05, 3.63) is 29.6 Å². The average molecular weight is 227 g/mol. The molecule has 1 aromatic rings. The fourth-order valence-corrected chi connectivity index (χ4v) is 1.39. The van der Waals surface area contributed by atoms with Gasteiger partial charge in [-0.2, -0.15) is 0 Å². The van der Waals surface area contributed by atoms with Gasteiger partial charge in [-0.25, -0.2) is 4.39 Å². The zero-order chi connectivity index (χ0) is 12.0. The normalized spacial score (nSPS) is 12.5. The number of ether oxygens (including phenoxy) is 1. The summed E-state index contributed by atoms with van der Waals surface area (Å²) in [5.74, 6) is 0.159. The lowest BCUT2D eigenvalue weighted by Crippen LogP contribution is -2.17. The summed E-state index contributed by atoms with van der Waals surface area (Å²) in [5, 5.41) is 8.89. The van der Waals surface area contributed by atoms with Crippen molar-refractivity contribution in [3.8, 4) is 5.75 Å². The second-order valence-corrected chi connectivity index (χ2v) is 3.76. The molecule has 0 spiro atoms. The summed E-state index contributed by atoms with van der Waals surface area (Å²) in [6, 6.07) is 4.45. The molecule has 0 unspecified atom stereocenters. The Bertz CT molecular complexity index is 331. The predicted molar refractivity (Wildman–Crippen MR) is 61.0 cm³/mol. The summed E-state index contributed by atoms with van der Waals surface area (Å²) >= 11 is 0. The van der Waals surface area contributed by atoms with Crippen molar-refractivity contribution >= 4 is 0 Å². The number of hydrogen-bond donors (Lipinski definition) is 2. The Balaban J connectivity index is 2.80. The van der Waals surface area contributed by atoms with E-state index in [1.54, 1.807) is 13.0 Å².